The standard InChI is InChI=1S/C23H29FN2O2S/c1-17(2)13-25-23(28)18(3)26(14-19-9-5-4-6-10-19)22(27)16-29-15-20-11-7-8-12-21(20)24/h4-12,17-18H,13-16H2,1-3H3,(H,25,28). The average molecular weight is 417 g/mol. The summed E-state index contributed by atoms with van der Waals surface area (Å²) < 4.78 is 13.8. The van der Waals surface area contributed by atoms with Crippen LogP contribution in [0, 0.1) is 11.7 Å². The van der Waals surface area contributed by atoms with Crippen molar-refractivity contribution in [2.24, 2.45) is 5.92 Å². The van der Waals surface area contributed by atoms with Gasteiger partial charge in [0, 0.05) is 18.8 Å². The van der Waals surface area contributed by atoms with E-state index in [4.69, 9.17) is 0 Å². The zero-order valence-electron chi connectivity index (χ0n) is 17.2. The van der Waals surface area contributed by atoms with Crippen molar-refractivity contribution in [1.29, 1.82) is 0 Å². The second-order valence-electron chi connectivity index (χ2n) is 7.41. The van der Waals surface area contributed by atoms with Crippen LogP contribution in [0.4, 0.5) is 4.39 Å². The highest BCUT2D eigenvalue weighted by Gasteiger charge is 2.26. The molecule has 29 heavy (non-hydrogen) atoms. The number of rotatable bonds is 10. The lowest BCUT2D eigenvalue weighted by atomic mass is 10.1. The molecule has 0 radical (unpaired) electrons. The van der Waals surface area contributed by atoms with Crippen LogP contribution in [0.1, 0.15) is 31.9 Å². The van der Waals surface area contributed by atoms with E-state index < -0.39 is 6.04 Å². The molecular weight excluding hydrogens is 387 g/mol. The molecule has 0 saturated heterocycles. The van der Waals surface area contributed by atoms with Crippen LogP contribution in [-0.4, -0.2) is 35.1 Å². The quantitative estimate of drug-likeness (QED) is 0.630. The van der Waals surface area contributed by atoms with E-state index >= 15 is 0 Å². The van der Waals surface area contributed by atoms with Crippen LogP contribution in [0.25, 0.3) is 0 Å². The minimum Gasteiger partial charge on any atom is -0.354 e. The molecule has 2 aromatic rings. The Labute approximate surface area is 176 Å². The lowest BCUT2D eigenvalue weighted by molar-refractivity contribution is -0.138. The first-order valence-corrected chi connectivity index (χ1v) is 11.0. The van der Waals surface area contributed by atoms with Gasteiger partial charge in [-0.15, -0.1) is 11.8 Å². The van der Waals surface area contributed by atoms with Crippen molar-refractivity contribution >= 4 is 23.6 Å². The maximum atomic E-state index is 13.8. The van der Waals surface area contributed by atoms with Gasteiger partial charge >= 0.3 is 0 Å². The highest BCUT2D eigenvalue weighted by Crippen LogP contribution is 2.17. The predicted molar refractivity (Wildman–Crippen MR) is 117 cm³/mol. The number of thioether (sulfide) groups is 1. The van der Waals surface area contributed by atoms with E-state index in [1.165, 1.54) is 17.8 Å². The summed E-state index contributed by atoms with van der Waals surface area (Å²) in [6.07, 6.45) is 0. The largest absolute Gasteiger partial charge is 0.354 e. The number of nitrogens with one attached hydrogen (secondary N) is 1. The van der Waals surface area contributed by atoms with E-state index in [0.29, 0.717) is 30.3 Å². The first-order valence-electron chi connectivity index (χ1n) is 9.80. The van der Waals surface area contributed by atoms with E-state index in [1.807, 2.05) is 44.2 Å². The van der Waals surface area contributed by atoms with Crippen molar-refractivity contribution in [2.75, 3.05) is 12.3 Å². The Bertz CT molecular complexity index is 798. The molecule has 0 aromatic heterocycles. The topological polar surface area (TPSA) is 49.4 Å². The average Bonchev–Trinajstić information content (AvgIpc) is 2.71. The van der Waals surface area contributed by atoms with Crippen LogP contribution >= 0.6 is 11.8 Å². The number of carbonyl (C=O) groups excluding carboxylic acids is 2. The van der Waals surface area contributed by atoms with Gasteiger partial charge in [-0.1, -0.05) is 62.4 Å². The highest BCUT2D eigenvalue weighted by molar-refractivity contribution is 7.99. The van der Waals surface area contributed by atoms with Crippen molar-refractivity contribution in [1.82, 2.24) is 10.2 Å². The van der Waals surface area contributed by atoms with E-state index in [9.17, 15) is 14.0 Å². The Hall–Kier alpha value is -2.34. The van der Waals surface area contributed by atoms with Crippen LogP contribution < -0.4 is 5.32 Å². The number of hydrogen-bond donors (Lipinski definition) is 1. The van der Waals surface area contributed by atoms with Crippen LogP contribution in [0.15, 0.2) is 54.6 Å². The smallest absolute Gasteiger partial charge is 0.242 e. The molecule has 6 heteroatoms. The van der Waals surface area contributed by atoms with E-state index in [1.54, 1.807) is 30.0 Å². The van der Waals surface area contributed by atoms with Gasteiger partial charge in [0.15, 0.2) is 0 Å². The maximum Gasteiger partial charge on any atom is 0.242 e. The number of amides is 2. The maximum absolute atomic E-state index is 13.8. The lowest BCUT2D eigenvalue weighted by Gasteiger charge is -2.29. The second kappa shape index (κ2) is 11.6. The summed E-state index contributed by atoms with van der Waals surface area (Å²) in [7, 11) is 0. The predicted octanol–water partition coefficient (Wildman–Crippen LogP) is 4.25. The molecule has 0 spiro atoms. The van der Waals surface area contributed by atoms with Crippen molar-refractivity contribution < 1.29 is 14.0 Å². The normalized spacial score (nSPS) is 11.9. The summed E-state index contributed by atoms with van der Waals surface area (Å²) in [6.45, 7) is 6.72. The monoisotopic (exact) mass is 416 g/mol. The number of carbonyl (C=O) groups is 2. The molecule has 1 N–H and O–H groups in total. The van der Waals surface area contributed by atoms with Gasteiger partial charge in [-0.2, -0.15) is 0 Å². The first kappa shape index (κ1) is 22.9. The summed E-state index contributed by atoms with van der Waals surface area (Å²) in [6, 6.07) is 15.6. The number of nitrogens with zero attached hydrogens (tertiary/aromatic N) is 1. The highest BCUT2D eigenvalue weighted by atomic mass is 32.2. The Balaban J connectivity index is 2.03. The molecule has 0 bridgehead atoms. The summed E-state index contributed by atoms with van der Waals surface area (Å²) in [5.74, 6) is 0.356. The van der Waals surface area contributed by atoms with E-state index in [0.717, 1.165) is 5.56 Å². The van der Waals surface area contributed by atoms with Gasteiger partial charge in [-0.3, -0.25) is 9.59 Å². The second-order valence-corrected chi connectivity index (χ2v) is 8.39. The Kier molecular flexibility index (Phi) is 9.19. The number of hydrogen-bond acceptors (Lipinski definition) is 3. The third-order valence-corrected chi connectivity index (χ3v) is 5.45. The van der Waals surface area contributed by atoms with Crippen LogP contribution in [0.3, 0.4) is 0 Å². The van der Waals surface area contributed by atoms with E-state index in [2.05, 4.69) is 5.32 Å². The molecule has 2 rings (SSSR count). The number of halogens is 1. The van der Waals surface area contributed by atoms with Crippen molar-refractivity contribution in [2.45, 2.75) is 39.1 Å². The molecule has 1 unspecified atom stereocenters. The molecule has 0 aliphatic rings. The zero-order valence-corrected chi connectivity index (χ0v) is 18.0. The fourth-order valence-electron chi connectivity index (χ4n) is 2.76. The summed E-state index contributed by atoms with van der Waals surface area (Å²) in [5, 5.41) is 2.90. The Morgan fingerprint density at radius 1 is 1.03 bits per heavy atom. The van der Waals surface area contributed by atoms with Crippen LogP contribution in [0.5, 0.6) is 0 Å². The van der Waals surface area contributed by atoms with Gasteiger partial charge in [-0.05, 0) is 30.0 Å². The van der Waals surface area contributed by atoms with Gasteiger partial charge in [-0.25, -0.2) is 4.39 Å². The molecule has 0 fully saturated rings. The third-order valence-electron chi connectivity index (χ3n) is 4.49. The van der Waals surface area contributed by atoms with Crippen molar-refractivity contribution in [3.8, 4) is 0 Å². The Morgan fingerprint density at radius 3 is 2.34 bits per heavy atom. The SMILES string of the molecule is CC(C)CNC(=O)C(C)N(Cc1ccccc1)C(=O)CSCc1ccccc1F. The zero-order chi connectivity index (χ0) is 21.2. The third kappa shape index (κ3) is 7.54. The minimum atomic E-state index is -0.587. The molecular formula is C23H29FN2O2S. The lowest BCUT2D eigenvalue weighted by Crippen LogP contribution is -2.48. The molecule has 4 nitrogen and oxygen atoms in total. The van der Waals surface area contributed by atoms with Gasteiger partial charge in [0.1, 0.15) is 11.9 Å². The molecule has 0 aliphatic heterocycles. The van der Waals surface area contributed by atoms with Gasteiger partial charge in [0.2, 0.25) is 11.8 Å². The molecule has 2 aromatic carbocycles. The van der Waals surface area contributed by atoms with Crippen molar-refractivity contribution in [3.05, 3.63) is 71.5 Å². The van der Waals surface area contributed by atoms with Crippen molar-refractivity contribution in [3.63, 3.8) is 0 Å². The molecule has 0 saturated carbocycles. The molecule has 0 heterocycles. The fourth-order valence-corrected chi connectivity index (χ4v) is 3.66. The van der Waals surface area contributed by atoms with Gasteiger partial charge < -0.3 is 10.2 Å². The summed E-state index contributed by atoms with van der Waals surface area (Å²) in [4.78, 5) is 27.1. The number of benzene rings is 2. The molecule has 2 amide bonds. The van der Waals surface area contributed by atoms with Crippen LogP contribution in [-0.2, 0) is 21.9 Å². The van der Waals surface area contributed by atoms with E-state index in [-0.39, 0.29) is 23.4 Å². The molecule has 156 valence electrons. The molecule has 0 aliphatic carbocycles. The summed E-state index contributed by atoms with van der Waals surface area (Å²) in [5.41, 5.74) is 1.53. The Morgan fingerprint density at radius 2 is 1.69 bits per heavy atom. The first-order chi connectivity index (χ1) is 13.9. The molecule has 1 atom stereocenters. The fraction of sp³-hybridized carbons (Fsp3) is 0.391. The van der Waals surface area contributed by atoms with Gasteiger partial charge in [0.25, 0.3) is 0 Å². The summed E-state index contributed by atoms with van der Waals surface area (Å²) >= 11 is 1.35. The minimum absolute atomic E-state index is 0.137. The van der Waals surface area contributed by atoms with Crippen LogP contribution in [0.2, 0.25) is 0 Å². The van der Waals surface area contributed by atoms with Gasteiger partial charge in [0.05, 0.1) is 5.75 Å².